The number of H-pyrrole nitrogens is 1. The first-order valence-corrected chi connectivity index (χ1v) is 12.5. The second kappa shape index (κ2) is 10.6. The fourth-order valence-electron chi connectivity index (χ4n) is 2.00. The van der Waals surface area contributed by atoms with Gasteiger partial charge in [0.2, 0.25) is 0 Å². The van der Waals surface area contributed by atoms with E-state index in [1.807, 2.05) is 0 Å². The van der Waals surface area contributed by atoms with Gasteiger partial charge in [0.1, 0.15) is 12.3 Å². The number of aliphatic hydroxyl groups is 1. The van der Waals surface area contributed by atoms with Gasteiger partial charge in [-0.3, -0.25) is 18.9 Å². The third-order valence-electron chi connectivity index (χ3n) is 3.20. The Morgan fingerprint density at radius 3 is 2.20 bits per heavy atom. The molecule has 0 saturated carbocycles. The van der Waals surface area contributed by atoms with Crippen LogP contribution in [0.4, 0.5) is 0 Å². The molecular formula is C11H21N2O14P3. The van der Waals surface area contributed by atoms with Crippen LogP contribution in [0.1, 0.15) is 25.1 Å². The smallest absolute Gasteiger partial charge is 0.394 e. The average molecular weight is 498 g/mol. The Morgan fingerprint density at radius 1 is 1.10 bits per heavy atom. The minimum absolute atomic E-state index is 0.150. The fourth-order valence-corrected chi connectivity index (χ4v) is 5.05. The van der Waals surface area contributed by atoms with Crippen LogP contribution >= 0.6 is 23.5 Å². The maximum atomic E-state index is 11.9. The van der Waals surface area contributed by atoms with Crippen LogP contribution in [-0.2, 0) is 31.6 Å². The number of aromatic nitrogens is 2. The minimum atomic E-state index is -5.69. The zero-order valence-electron chi connectivity index (χ0n) is 15.6. The molecule has 0 spiro atoms. The van der Waals surface area contributed by atoms with E-state index in [1.165, 1.54) is 13.1 Å². The molecule has 19 heteroatoms. The summed E-state index contributed by atoms with van der Waals surface area (Å²) < 4.78 is 51.5. The van der Waals surface area contributed by atoms with Gasteiger partial charge in [-0.05, 0) is 13.3 Å². The largest absolute Gasteiger partial charge is 0.490 e. The maximum absolute atomic E-state index is 11.9. The molecule has 16 nitrogen and oxygen atoms in total. The molecule has 0 aliphatic heterocycles. The Bertz CT molecular complexity index is 982. The van der Waals surface area contributed by atoms with Crippen LogP contribution in [0.25, 0.3) is 0 Å². The van der Waals surface area contributed by atoms with Crippen molar-refractivity contribution in [2.24, 2.45) is 0 Å². The van der Waals surface area contributed by atoms with E-state index in [0.29, 0.717) is 0 Å². The topological polar surface area (TPSA) is 244 Å². The van der Waals surface area contributed by atoms with Crippen molar-refractivity contribution in [3.05, 3.63) is 32.6 Å². The lowest BCUT2D eigenvalue weighted by Crippen LogP contribution is -2.36. The van der Waals surface area contributed by atoms with Gasteiger partial charge in [0.15, 0.2) is 0 Å². The molecule has 0 bridgehead atoms. The summed E-state index contributed by atoms with van der Waals surface area (Å²) >= 11 is 0. The Kier molecular flexibility index (Phi) is 9.51. The molecule has 0 aromatic carbocycles. The summed E-state index contributed by atoms with van der Waals surface area (Å²) in [6, 6.07) is 0. The van der Waals surface area contributed by atoms with Gasteiger partial charge in [-0.2, -0.15) is 8.62 Å². The van der Waals surface area contributed by atoms with Gasteiger partial charge in [-0.1, -0.05) is 6.92 Å². The average Bonchev–Trinajstić information content (AvgIpc) is 2.55. The van der Waals surface area contributed by atoms with E-state index in [-0.39, 0.29) is 12.0 Å². The highest BCUT2D eigenvalue weighted by Gasteiger charge is 2.41. The zero-order valence-corrected chi connectivity index (χ0v) is 18.2. The van der Waals surface area contributed by atoms with E-state index in [4.69, 9.17) is 19.4 Å². The Morgan fingerprint density at radius 2 is 1.70 bits per heavy atom. The number of phosphoric ester groups is 1. The number of aliphatic hydroxyl groups excluding tert-OH is 1. The highest BCUT2D eigenvalue weighted by molar-refractivity contribution is 7.66. The van der Waals surface area contributed by atoms with Gasteiger partial charge in [0.05, 0.1) is 13.2 Å². The molecule has 0 aliphatic carbocycles. The molecule has 1 aromatic heterocycles. The summed E-state index contributed by atoms with van der Waals surface area (Å²) in [6.45, 7) is 1.31. The monoisotopic (exact) mass is 498 g/mol. The number of phosphoric acid groups is 3. The first-order valence-electron chi connectivity index (χ1n) is 7.96. The first kappa shape index (κ1) is 27.0. The summed E-state index contributed by atoms with van der Waals surface area (Å²) in [7, 11) is -16.6. The predicted molar refractivity (Wildman–Crippen MR) is 97.2 cm³/mol. The van der Waals surface area contributed by atoms with Crippen molar-refractivity contribution in [2.75, 3.05) is 13.2 Å². The Balaban J connectivity index is 2.86. The summed E-state index contributed by atoms with van der Waals surface area (Å²) in [4.78, 5) is 60.9. The van der Waals surface area contributed by atoms with Crippen molar-refractivity contribution in [1.82, 2.24) is 9.55 Å². The summed E-state index contributed by atoms with van der Waals surface area (Å²) in [5.41, 5.74) is -1.25. The summed E-state index contributed by atoms with van der Waals surface area (Å²) in [5, 5.41) is 9.37. The molecule has 0 radical (unpaired) electrons. The van der Waals surface area contributed by atoms with Crippen LogP contribution in [0.2, 0.25) is 0 Å². The SMILES string of the molecule is CCC(OC(CO)COP(=O)(O)OP(=O)(O)OP(=O)(O)O)n1cc(C)c(=O)[nH]c1=O. The van der Waals surface area contributed by atoms with E-state index >= 15 is 0 Å². The summed E-state index contributed by atoms with van der Waals surface area (Å²) in [5.74, 6) is 0. The van der Waals surface area contributed by atoms with Crippen LogP contribution in [0, 0.1) is 6.92 Å². The number of aromatic amines is 1. The van der Waals surface area contributed by atoms with Crippen LogP contribution in [0.15, 0.2) is 15.8 Å². The van der Waals surface area contributed by atoms with Crippen molar-refractivity contribution >= 4 is 23.5 Å². The first-order chi connectivity index (χ1) is 13.6. The molecular weight excluding hydrogens is 477 g/mol. The van der Waals surface area contributed by atoms with E-state index in [2.05, 4.69) is 18.1 Å². The van der Waals surface area contributed by atoms with Gasteiger partial charge in [-0.15, -0.1) is 0 Å². The van der Waals surface area contributed by atoms with Gasteiger partial charge in [0.25, 0.3) is 5.56 Å². The molecule has 0 amide bonds. The maximum Gasteiger partial charge on any atom is 0.490 e. The van der Waals surface area contributed by atoms with E-state index in [0.717, 1.165) is 4.57 Å². The van der Waals surface area contributed by atoms with Crippen molar-refractivity contribution in [1.29, 1.82) is 0 Å². The second-order valence-electron chi connectivity index (χ2n) is 5.67. The third kappa shape index (κ3) is 9.02. The number of hydrogen-bond acceptors (Lipinski definition) is 10. The molecule has 174 valence electrons. The fraction of sp³-hybridized carbons (Fsp3) is 0.636. The standard InChI is InChI=1S/C11H21N2O14P3/c1-3-9(13-4-7(2)10(15)12-11(13)16)25-8(5-14)6-24-29(20,21)27-30(22,23)26-28(17,18)19/h4,8-9,14H,3,5-6H2,1-2H3,(H,20,21)(H,22,23)(H,12,15,16)(H2,17,18,19). The van der Waals surface area contributed by atoms with Crippen LogP contribution in [0.5, 0.6) is 0 Å². The van der Waals surface area contributed by atoms with Crippen LogP contribution in [-0.4, -0.2) is 53.5 Å². The Hall–Kier alpha value is -0.990. The molecule has 0 aliphatic rings. The van der Waals surface area contributed by atoms with Crippen molar-refractivity contribution in [2.45, 2.75) is 32.6 Å². The lowest BCUT2D eigenvalue weighted by molar-refractivity contribution is -0.0953. The quantitative estimate of drug-likeness (QED) is 0.199. The Labute approximate surface area is 168 Å². The molecule has 0 saturated heterocycles. The molecule has 4 unspecified atom stereocenters. The number of nitrogens with zero attached hydrogens (tertiary/aromatic N) is 1. The lowest BCUT2D eigenvalue weighted by atomic mass is 10.3. The minimum Gasteiger partial charge on any atom is -0.394 e. The van der Waals surface area contributed by atoms with E-state index < -0.39 is 60.3 Å². The number of aryl methyl sites for hydroxylation is 1. The number of rotatable bonds is 12. The van der Waals surface area contributed by atoms with Crippen molar-refractivity contribution in [3.63, 3.8) is 0 Å². The normalized spacial score (nSPS) is 18.4. The molecule has 0 fully saturated rings. The number of nitrogens with one attached hydrogen (secondary N) is 1. The van der Waals surface area contributed by atoms with Gasteiger partial charge < -0.3 is 29.4 Å². The van der Waals surface area contributed by atoms with Crippen LogP contribution < -0.4 is 11.2 Å². The molecule has 4 atom stereocenters. The van der Waals surface area contributed by atoms with Gasteiger partial charge in [-0.25, -0.2) is 18.5 Å². The van der Waals surface area contributed by atoms with Crippen molar-refractivity contribution in [3.8, 4) is 0 Å². The van der Waals surface area contributed by atoms with Gasteiger partial charge >= 0.3 is 29.2 Å². The van der Waals surface area contributed by atoms with Crippen molar-refractivity contribution < 1.29 is 56.3 Å². The lowest BCUT2D eigenvalue weighted by Gasteiger charge is -2.25. The van der Waals surface area contributed by atoms with Gasteiger partial charge in [0, 0.05) is 11.8 Å². The highest BCUT2D eigenvalue weighted by Crippen LogP contribution is 2.66. The molecule has 1 rings (SSSR count). The zero-order chi connectivity index (χ0) is 23.3. The summed E-state index contributed by atoms with van der Waals surface area (Å²) in [6.07, 6.45) is -1.06. The third-order valence-corrected chi connectivity index (χ3v) is 7.00. The van der Waals surface area contributed by atoms with Crippen LogP contribution in [0.3, 0.4) is 0 Å². The number of hydrogen-bond donors (Lipinski definition) is 6. The second-order valence-corrected chi connectivity index (χ2v) is 10.1. The molecule has 1 aromatic rings. The highest BCUT2D eigenvalue weighted by atomic mass is 31.3. The molecule has 1 heterocycles. The molecule has 6 N–H and O–H groups in total. The van der Waals surface area contributed by atoms with E-state index in [1.54, 1.807) is 6.92 Å². The predicted octanol–water partition coefficient (Wildman–Crippen LogP) is -0.526. The number of ether oxygens (including phenoxy) is 1. The molecule has 30 heavy (non-hydrogen) atoms. The van der Waals surface area contributed by atoms with E-state index in [9.17, 15) is 33.3 Å².